The minimum atomic E-state index is -1.53. The minimum Gasteiger partial charge on any atom is -0.461 e. The van der Waals surface area contributed by atoms with Crippen LogP contribution in [0.2, 0.25) is 0 Å². The summed E-state index contributed by atoms with van der Waals surface area (Å²) in [5, 5.41) is 39.3. The Labute approximate surface area is 173 Å². The molecule has 0 aromatic carbocycles. The number of fused-ring (bicyclic) bond motifs is 2. The lowest BCUT2D eigenvalue weighted by molar-refractivity contribution is -0.298. The summed E-state index contributed by atoms with van der Waals surface area (Å²) in [5.41, 5.74) is 1.43. The molecule has 0 radical (unpaired) electrons. The van der Waals surface area contributed by atoms with Crippen molar-refractivity contribution in [2.24, 2.45) is 23.7 Å². The SMILES string of the molecule is C[C@@H]1C(=O)O[C@H]2C[C@H](C)[C@@H]3C(=O)C=C(CO[C@@H]4O[C@H](CO)[C@@H](O)[C@@H](O)[C@H]4O)C3=C[C@@H]21. The van der Waals surface area contributed by atoms with E-state index in [1.165, 1.54) is 6.08 Å². The van der Waals surface area contributed by atoms with Crippen LogP contribution in [-0.4, -0.2) is 82.2 Å². The summed E-state index contributed by atoms with van der Waals surface area (Å²) >= 11 is 0. The van der Waals surface area contributed by atoms with Gasteiger partial charge in [-0.25, -0.2) is 0 Å². The predicted octanol–water partition coefficient (Wildman–Crippen LogP) is -0.928. The Hall–Kier alpha value is -1.62. The predicted molar refractivity (Wildman–Crippen MR) is 101 cm³/mol. The van der Waals surface area contributed by atoms with E-state index >= 15 is 0 Å². The Morgan fingerprint density at radius 3 is 2.57 bits per heavy atom. The lowest BCUT2D eigenvalue weighted by Gasteiger charge is -2.39. The lowest BCUT2D eigenvalue weighted by Crippen LogP contribution is -2.59. The van der Waals surface area contributed by atoms with Crippen molar-refractivity contribution in [1.82, 2.24) is 0 Å². The third-order valence-electron chi connectivity index (χ3n) is 6.77. The van der Waals surface area contributed by atoms with Crippen molar-refractivity contribution in [2.45, 2.75) is 57.1 Å². The van der Waals surface area contributed by atoms with Crippen LogP contribution in [0.1, 0.15) is 20.3 Å². The van der Waals surface area contributed by atoms with E-state index in [1.54, 1.807) is 0 Å². The molecule has 166 valence electrons. The Morgan fingerprint density at radius 2 is 1.87 bits per heavy atom. The van der Waals surface area contributed by atoms with Gasteiger partial charge in [0.1, 0.15) is 30.5 Å². The van der Waals surface area contributed by atoms with Gasteiger partial charge in [-0.2, -0.15) is 0 Å². The van der Waals surface area contributed by atoms with Gasteiger partial charge in [0, 0.05) is 11.8 Å². The first kappa shape index (κ1) is 21.6. The molecule has 4 rings (SSSR count). The van der Waals surface area contributed by atoms with E-state index < -0.39 is 37.3 Å². The number of ketones is 1. The zero-order valence-corrected chi connectivity index (χ0v) is 16.9. The van der Waals surface area contributed by atoms with Crippen LogP contribution in [0.5, 0.6) is 0 Å². The van der Waals surface area contributed by atoms with Gasteiger partial charge in [0.25, 0.3) is 0 Å². The van der Waals surface area contributed by atoms with Crippen LogP contribution < -0.4 is 0 Å². The summed E-state index contributed by atoms with van der Waals surface area (Å²) in [4.78, 5) is 24.7. The van der Waals surface area contributed by atoms with E-state index in [0.717, 1.165) is 5.57 Å². The van der Waals surface area contributed by atoms with E-state index in [1.807, 2.05) is 19.9 Å². The molecule has 0 saturated carbocycles. The normalized spacial score (nSPS) is 45.9. The molecule has 2 aliphatic heterocycles. The number of ether oxygens (including phenoxy) is 3. The van der Waals surface area contributed by atoms with Gasteiger partial charge < -0.3 is 34.6 Å². The minimum absolute atomic E-state index is 0.0159. The van der Waals surface area contributed by atoms with Crippen molar-refractivity contribution in [3.63, 3.8) is 0 Å². The van der Waals surface area contributed by atoms with Crippen LogP contribution in [-0.2, 0) is 23.8 Å². The Balaban J connectivity index is 1.52. The lowest BCUT2D eigenvalue weighted by atomic mass is 9.85. The van der Waals surface area contributed by atoms with Crippen molar-refractivity contribution in [3.8, 4) is 0 Å². The molecule has 0 amide bonds. The molecule has 4 N–H and O–H groups in total. The number of carbonyl (C=O) groups excluding carboxylic acids is 2. The molecule has 2 aliphatic carbocycles. The smallest absolute Gasteiger partial charge is 0.309 e. The third-order valence-corrected chi connectivity index (χ3v) is 6.77. The maximum Gasteiger partial charge on any atom is 0.309 e. The molecule has 30 heavy (non-hydrogen) atoms. The second kappa shape index (κ2) is 8.14. The van der Waals surface area contributed by atoms with E-state index in [9.17, 15) is 30.0 Å². The average molecular weight is 424 g/mol. The van der Waals surface area contributed by atoms with Gasteiger partial charge in [-0.1, -0.05) is 19.9 Å². The fraction of sp³-hybridized carbons (Fsp3) is 0.714. The van der Waals surface area contributed by atoms with Crippen LogP contribution in [0.3, 0.4) is 0 Å². The summed E-state index contributed by atoms with van der Waals surface area (Å²) in [7, 11) is 0. The fourth-order valence-corrected chi connectivity index (χ4v) is 4.98. The van der Waals surface area contributed by atoms with Gasteiger partial charge in [0.15, 0.2) is 12.1 Å². The molecule has 0 aromatic rings. The highest BCUT2D eigenvalue weighted by atomic mass is 16.7. The largest absolute Gasteiger partial charge is 0.461 e. The molecule has 2 saturated heterocycles. The van der Waals surface area contributed by atoms with Crippen LogP contribution >= 0.6 is 0 Å². The quantitative estimate of drug-likeness (QED) is 0.421. The highest BCUT2D eigenvalue weighted by Gasteiger charge is 2.48. The monoisotopic (exact) mass is 424 g/mol. The second-order valence-corrected chi connectivity index (χ2v) is 8.73. The maximum atomic E-state index is 12.7. The van der Waals surface area contributed by atoms with Gasteiger partial charge in [-0.15, -0.1) is 0 Å². The Morgan fingerprint density at radius 1 is 1.13 bits per heavy atom. The highest BCUT2D eigenvalue weighted by Crippen LogP contribution is 2.45. The molecule has 10 atom stereocenters. The van der Waals surface area contributed by atoms with Gasteiger partial charge in [0.2, 0.25) is 0 Å². The first-order chi connectivity index (χ1) is 14.2. The summed E-state index contributed by atoms with van der Waals surface area (Å²) < 4.78 is 16.5. The molecule has 9 heteroatoms. The maximum absolute atomic E-state index is 12.7. The molecule has 0 unspecified atom stereocenters. The van der Waals surface area contributed by atoms with Crippen molar-refractivity contribution in [1.29, 1.82) is 0 Å². The summed E-state index contributed by atoms with van der Waals surface area (Å²) in [6.07, 6.45) is -3.04. The number of hydrogen-bond donors (Lipinski definition) is 4. The Kier molecular flexibility index (Phi) is 5.86. The number of allylic oxidation sites excluding steroid dienone is 1. The second-order valence-electron chi connectivity index (χ2n) is 8.73. The van der Waals surface area contributed by atoms with Crippen molar-refractivity contribution < 1.29 is 44.2 Å². The molecule has 9 nitrogen and oxygen atoms in total. The first-order valence-electron chi connectivity index (χ1n) is 10.3. The molecule has 0 spiro atoms. The average Bonchev–Trinajstić information content (AvgIpc) is 3.10. The number of rotatable bonds is 4. The van der Waals surface area contributed by atoms with E-state index in [2.05, 4.69) is 0 Å². The summed E-state index contributed by atoms with van der Waals surface area (Å²) in [6, 6.07) is 0. The van der Waals surface area contributed by atoms with Crippen LogP contribution in [0, 0.1) is 23.7 Å². The molecule has 0 aromatic heterocycles. The van der Waals surface area contributed by atoms with Gasteiger partial charge >= 0.3 is 5.97 Å². The zero-order chi connectivity index (χ0) is 21.7. The van der Waals surface area contributed by atoms with E-state index in [-0.39, 0.29) is 48.1 Å². The van der Waals surface area contributed by atoms with Crippen molar-refractivity contribution >= 4 is 11.8 Å². The molecule has 2 fully saturated rings. The van der Waals surface area contributed by atoms with Crippen LogP contribution in [0.15, 0.2) is 23.3 Å². The number of aliphatic hydroxyl groups excluding tert-OH is 4. The molecule has 0 bridgehead atoms. The first-order valence-corrected chi connectivity index (χ1v) is 10.3. The standard InChI is InChI=1S/C21H28O9/c1-8-3-14-11(9(2)20(27)29-14)5-12-10(4-13(23)16(8)12)7-28-21-19(26)18(25)17(24)15(6-22)30-21/h4-5,8-9,11,14-19,21-22,24-26H,3,6-7H2,1-2H3/t8-,9-,11+,14-,15+,16-,17+,18+,19+,21+/m0/s1. The highest BCUT2D eigenvalue weighted by molar-refractivity contribution is 6.00. The van der Waals surface area contributed by atoms with Crippen LogP contribution in [0.25, 0.3) is 0 Å². The Bertz CT molecular complexity index is 772. The third kappa shape index (κ3) is 3.53. The fourth-order valence-electron chi connectivity index (χ4n) is 4.98. The number of esters is 1. The van der Waals surface area contributed by atoms with E-state index in [4.69, 9.17) is 14.2 Å². The van der Waals surface area contributed by atoms with E-state index in [0.29, 0.717) is 12.0 Å². The molecule has 4 aliphatic rings. The van der Waals surface area contributed by atoms with Gasteiger partial charge in [-0.05, 0) is 29.6 Å². The molecular weight excluding hydrogens is 396 g/mol. The molecular formula is C21H28O9. The summed E-state index contributed by atoms with van der Waals surface area (Å²) in [6.45, 7) is 3.17. The van der Waals surface area contributed by atoms with Crippen LogP contribution in [0.4, 0.5) is 0 Å². The van der Waals surface area contributed by atoms with Crippen molar-refractivity contribution in [3.05, 3.63) is 23.3 Å². The zero-order valence-electron chi connectivity index (χ0n) is 16.9. The van der Waals surface area contributed by atoms with Crippen molar-refractivity contribution in [2.75, 3.05) is 13.2 Å². The molecule has 2 heterocycles. The topological polar surface area (TPSA) is 143 Å². The summed E-state index contributed by atoms with van der Waals surface area (Å²) in [5.74, 6) is -1.05. The number of aliphatic hydroxyl groups is 4. The number of hydrogen-bond acceptors (Lipinski definition) is 9. The number of carbonyl (C=O) groups is 2. The van der Waals surface area contributed by atoms with Gasteiger partial charge in [0.05, 0.1) is 19.1 Å². The van der Waals surface area contributed by atoms with Gasteiger partial charge in [-0.3, -0.25) is 9.59 Å².